The zero-order chi connectivity index (χ0) is 13.3. The van der Waals surface area contributed by atoms with Crippen LogP contribution in [0.3, 0.4) is 0 Å². The first kappa shape index (κ1) is 15.5. The van der Waals surface area contributed by atoms with Crippen LogP contribution in [-0.2, 0) is 14.3 Å². The number of ether oxygens (including phenoxy) is 2. The van der Waals surface area contributed by atoms with Crippen LogP contribution < -0.4 is 5.32 Å². The minimum absolute atomic E-state index is 0.334. The van der Waals surface area contributed by atoms with Gasteiger partial charge in [-0.05, 0) is 33.6 Å². The number of esters is 1. The lowest BCUT2D eigenvalue weighted by Crippen LogP contribution is -2.33. The van der Waals surface area contributed by atoms with E-state index >= 15 is 0 Å². The van der Waals surface area contributed by atoms with Crippen molar-refractivity contribution in [2.45, 2.75) is 39.2 Å². The minimum Gasteiger partial charge on any atom is -0.463 e. The first-order valence-corrected chi connectivity index (χ1v) is 5.61. The van der Waals surface area contributed by atoms with Crippen LogP contribution in [0.15, 0.2) is 12.7 Å². The molecule has 0 aromatic carbocycles. The van der Waals surface area contributed by atoms with Gasteiger partial charge in [0.25, 0.3) is 0 Å². The van der Waals surface area contributed by atoms with Crippen LogP contribution in [0.2, 0.25) is 0 Å². The summed E-state index contributed by atoms with van der Waals surface area (Å²) in [5.41, 5.74) is -0.483. The quantitative estimate of drug-likeness (QED) is 0.440. The summed E-state index contributed by atoms with van der Waals surface area (Å²) in [6, 6.07) is 0. The first-order valence-electron chi connectivity index (χ1n) is 5.61. The molecule has 0 aliphatic rings. The number of alkyl carbamates (subject to hydrolysis) is 1. The van der Waals surface area contributed by atoms with Crippen molar-refractivity contribution in [1.29, 1.82) is 0 Å². The highest BCUT2D eigenvalue weighted by Crippen LogP contribution is 2.06. The van der Waals surface area contributed by atoms with Gasteiger partial charge in [-0.2, -0.15) is 0 Å². The van der Waals surface area contributed by atoms with Crippen molar-refractivity contribution in [3.63, 3.8) is 0 Å². The Hall–Kier alpha value is -1.52. The summed E-state index contributed by atoms with van der Waals surface area (Å²) in [6.45, 7) is 9.54. The van der Waals surface area contributed by atoms with Gasteiger partial charge in [0.2, 0.25) is 0 Å². The molecule has 0 spiro atoms. The number of carbonyl (C=O) groups excluding carboxylic acids is 2. The Morgan fingerprint density at radius 3 is 2.47 bits per heavy atom. The molecule has 0 heterocycles. The Morgan fingerprint density at radius 1 is 1.29 bits per heavy atom. The number of carbonyl (C=O) groups is 2. The van der Waals surface area contributed by atoms with E-state index < -0.39 is 17.7 Å². The summed E-state index contributed by atoms with van der Waals surface area (Å²) < 4.78 is 9.83. The Morgan fingerprint density at radius 2 is 1.94 bits per heavy atom. The Kier molecular flexibility index (Phi) is 7.02. The van der Waals surface area contributed by atoms with E-state index in [9.17, 15) is 9.59 Å². The molecule has 17 heavy (non-hydrogen) atoms. The van der Waals surface area contributed by atoms with Crippen molar-refractivity contribution in [2.24, 2.45) is 0 Å². The molecule has 1 N–H and O–H groups in total. The molecule has 0 aromatic rings. The Balaban J connectivity index is 3.43. The van der Waals surface area contributed by atoms with E-state index in [0.29, 0.717) is 19.6 Å². The molecule has 0 aromatic heterocycles. The summed E-state index contributed by atoms with van der Waals surface area (Å²) in [4.78, 5) is 21.9. The smallest absolute Gasteiger partial charge is 0.407 e. The topological polar surface area (TPSA) is 64.6 Å². The maximum absolute atomic E-state index is 11.2. The number of nitrogens with one attached hydrogen (secondary N) is 1. The van der Waals surface area contributed by atoms with Gasteiger partial charge in [-0.3, -0.25) is 0 Å². The number of hydrogen-bond acceptors (Lipinski definition) is 4. The number of amides is 1. The van der Waals surface area contributed by atoms with Gasteiger partial charge in [0.1, 0.15) is 5.60 Å². The van der Waals surface area contributed by atoms with Crippen molar-refractivity contribution in [2.75, 3.05) is 13.2 Å². The molecule has 0 bridgehead atoms. The Bertz CT molecular complexity index is 268. The van der Waals surface area contributed by atoms with E-state index in [-0.39, 0.29) is 0 Å². The average molecular weight is 243 g/mol. The van der Waals surface area contributed by atoms with E-state index in [1.165, 1.54) is 0 Å². The molecular formula is C12H21NO4. The van der Waals surface area contributed by atoms with Crippen molar-refractivity contribution in [1.82, 2.24) is 5.32 Å². The molecule has 0 saturated carbocycles. The van der Waals surface area contributed by atoms with Gasteiger partial charge in [0, 0.05) is 12.6 Å². The Labute approximate surface area is 102 Å². The molecule has 0 atom stereocenters. The largest absolute Gasteiger partial charge is 0.463 e. The fourth-order valence-corrected chi connectivity index (χ4v) is 0.963. The van der Waals surface area contributed by atoms with Crippen LogP contribution >= 0.6 is 0 Å². The van der Waals surface area contributed by atoms with Gasteiger partial charge in [0.15, 0.2) is 0 Å². The molecule has 5 heteroatoms. The third-order valence-corrected chi connectivity index (χ3v) is 1.65. The van der Waals surface area contributed by atoms with E-state index in [1.54, 1.807) is 20.8 Å². The van der Waals surface area contributed by atoms with Crippen molar-refractivity contribution in [3.8, 4) is 0 Å². The maximum atomic E-state index is 11.2. The molecule has 1 amide bonds. The second-order valence-electron chi connectivity index (χ2n) is 4.51. The molecule has 0 unspecified atom stereocenters. The van der Waals surface area contributed by atoms with Gasteiger partial charge in [-0.1, -0.05) is 6.58 Å². The summed E-state index contributed by atoms with van der Waals surface area (Å²) in [5.74, 6) is -0.426. The van der Waals surface area contributed by atoms with Gasteiger partial charge in [-0.25, -0.2) is 9.59 Å². The highest BCUT2D eigenvalue weighted by atomic mass is 16.6. The number of rotatable bonds is 6. The zero-order valence-corrected chi connectivity index (χ0v) is 10.7. The average Bonchev–Trinajstić information content (AvgIpc) is 2.20. The predicted octanol–water partition coefficient (Wildman–Crippen LogP) is 2.02. The highest BCUT2D eigenvalue weighted by Gasteiger charge is 2.15. The molecule has 0 saturated heterocycles. The van der Waals surface area contributed by atoms with E-state index in [1.807, 2.05) is 0 Å². The van der Waals surface area contributed by atoms with E-state index in [0.717, 1.165) is 12.5 Å². The minimum atomic E-state index is -0.483. The lowest BCUT2D eigenvalue weighted by molar-refractivity contribution is -0.137. The summed E-state index contributed by atoms with van der Waals surface area (Å²) >= 11 is 0. The number of hydrogen-bond donors (Lipinski definition) is 1. The fourth-order valence-electron chi connectivity index (χ4n) is 0.963. The van der Waals surface area contributed by atoms with Crippen molar-refractivity contribution < 1.29 is 19.1 Å². The van der Waals surface area contributed by atoms with Crippen LogP contribution in [0.5, 0.6) is 0 Å². The predicted molar refractivity (Wildman–Crippen MR) is 64.6 cm³/mol. The highest BCUT2D eigenvalue weighted by molar-refractivity contribution is 5.81. The third-order valence-electron chi connectivity index (χ3n) is 1.65. The molecule has 0 aliphatic carbocycles. The van der Waals surface area contributed by atoms with Crippen molar-refractivity contribution >= 4 is 12.1 Å². The van der Waals surface area contributed by atoms with Crippen LogP contribution in [0, 0.1) is 0 Å². The van der Waals surface area contributed by atoms with Crippen LogP contribution in [0.1, 0.15) is 33.6 Å². The van der Waals surface area contributed by atoms with Gasteiger partial charge < -0.3 is 14.8 Å². The van der Waals surface area contributed by atoms with Gasteiger partial charge in [-0.15, -0.1) is 0 Å². The summed E-state index contributed by atoms with van der Waals surface area (Å²) in [7, 11) is 0. The first-order chi connectivity index (χ1) is 7.85. The van der Waals surface area contributed by atoms with Crippen LogP contribution in [0.4, 0.5) is 4.79 Å². The van der Waals surface area contributed by atoms with Gasteiger partial charge >= 0.3 is 12.1 Å². The second kappa shape index (κ2) is 7.70. The zero-order valence-electron chi connectivity index (χ0n) is 10.7. The molecule has 0 aliphatic heterocycles. The fraction of sp³-hybridized carbons (Fsp3) is 0.667. The number of unbranched alkanes of at least 4 members (excludes halogenated alkanes) is 1. The summed E-state index contributed by atoms with van der Waals surface area (Å²) in [6.07, 6.45) is 2.11. The van der Waals surface area contributed by atoms with E-state index in [2.05, 4.69) is 11.9 Å². The normalized spacial score (nSPS) is 10.5. The molecule has 0 rings (SSSR count). The van der Waals surface area contributed by atoms with E-state index in [4.69, 9.17) is 9.47 Å². The molecule has 0 radical (unpaired) electrons. The standard InChI is InChI=1S/C12H21NO4/c1-5-10(14)16-9-7-6-8-13-11(15)17-12(2,3)4/h5H,1,6-9H2,2-4H3,(H,13,15). The molecule has 98 valence electrons. The van der Waals surface area contributed by atoms with Gasteiger partial charge in [0.05, 0.1) is 6.61 Å². The molecule has 5 nitrogen and oxygen atoms in total. The van der Waals surface area contributed by atoms with Crippen molar-refractivity contribution in [3.05, 3.63) is 12.7 Å². The maximum Gasteiger partial charge on any atom is 0.407 e. The van der Waals surface area contributed by atoms with Crippen LogP contribution in [-0.4, -0.2) is 30.8 Å². The van der Waals surface area contributed by atoms with Crippen LogP contribution in [0.25, 0.3) is 0 Å². The second-order valence-corrected chi connectivity index (χ2v) is 4.51. The third kappa shape index (κ3) is 10.8. The summed E-state index contributed by atoms with van der Waals surface area (Å²) in [5, 5.41) is 2.62. The SMILES string of the molecule is C=CC(=O)OCCCCNC(=O)OC(C)(C)C. The lowest BCUT2D eigenvalue weighted by Gasteiger charge is -2.19. The molecular weight excluding hydrogens is 222 g/mol. The molecule has 0 fully saturated rings. The monoisotopic (exact) mass is 243 g/mol. The lowest BCUT2D eigenvalue weighted by atomic mass is 10.2.